The summed E-state index contributed by atoms with van der Waals surface area (Å²) in [6.07, 6.45) is -4.74. The van der Waals surface area contributed by atoms with Gasteiger partial charge in [-0.15, -0.1) is 0 Å². The van der Waals surface area contributed by atoms with Gasteiger partial charge < -0.3 is 15.0 Å². The molecule has 0 saturated carbocycles. The molecule has 1 aromatic carbocycles. The number of ether oxygens (including phenoxy) is 1. The highest BCUT2D eigenvalue weighted by atomic mass is 19.4. The Labute approximate surface area is 182 Å². The number of hydrogen-bond donors (Lipinski definition) is 2. The van der Waals surface area contributed by atoms with Gasteiger partial charge in [0.05, 0.1) is 17.0 Å². The summed E-state index contributed by atoms with van der Waals surface area (Å²) in [5, 5.41) is 2.92. The lowest BCUT2D eigenvalue weighted by Gasteiger charge is -2.21. The van der Waals surface area contributed by atoms with Gasteiger partial charge in [0, 0.05) is 11.3 Å². The zero-order valence-electron chi connectivity index (χ0n) is 18.2. The van der Waals surface area contributed by atoms with E-state index in [1.54, 1.807) is 32.9 Å². The van der Waals surface area contributed by atoms with Crippen molar-refractivity contribution in [1.29, 1.82) is 0 Å². The van der Waals surface area contributed by atoms with E-state index in [1.165, 1.54) is 26.0 Å². The van der Waals surface area contributed by atoms with E-state index in [4.69, 9.17) is 4.74 Å². The van der Waals surface area contributed by atoms with Gasteiger partial charge in [0.2, 0.25) is 0 Å². The van der Waals surface area contributed by atoms with Crippen LogP contribution in [0.15, 0.2) is 35.1 Å². The van der Waals surface area contributed by atoms with Crippen LogP contribution in [0.4, 0.5) is 18.9 Å². The maximum absolute atomic E-state index is 13.7. The SMILES string of the molecule is Cc1nc2nc(C(F)(F)F)c(C(C)Nc3ccc(C(=O)OC(C)(C)C)cc3)cc2c(=O)[nH]1. The summed E-state index contributed by atoms with van der Waals surface area (Å²) >= 11 is 0. The molecule has 0 aliphatic heterocycles. The second-order valence-corrected chi connectivity index (χ2v) is 8.39. The first-order valence-electron chi connectivity index (χ1n) is 9.83. The van der Waals surface area contributed by atoms with Gasteiger partial charge in [-0.3, -0.25) is 4.79 Å². The van der Waals surface area contributed by atoms with Crippen LogP contribution in [0.2, 0.25) is 0 Å². The molecule has 0 saturated heterocycles. The highest BCUT2D eigenvalue weighted by Crippen LogP contribution is 2.35. The Morgan fingerprint density at radius 3 is 2.31 bits per heavy atom. The van der Waals surface area contributed by atoms with Gasteiger partial charge >= 0.3 is 12.1 Å². The largest absolute Gasteiger partial charge is 0.456 e. The van der Waals surface area contributed by atoms with E-state index in [0.29, 0.717) is 11.3 Å². The number of aryl methyl sites for hydroxylation is 1. The van der Waals surface area contributed by atoms with E-state index in [2.05, 4.69) is 20.3 Å². The Kier molecular flexibility index (Phi) is 5.99. The summed E-state index contributed by atoms with van der Waals surface area (Å²) in [5.41, 5.74) is -2.00. The van der Waals surface area contributed by atoms with E-state index in [0.717, 1.165) is 6.07 Å². The number of aromatic nitrogens is 3. The first kappa shape index (κ1) is 23.2. The zero-order valence-corrected chi connectivity index (χ0v) is 18.2. The second-order valence-electron chi connectivity index (χ2n) is 8.39. The lowest BCUT2D eigenvalue weighted by molar-refractivity contribution is -0.141. The number of halogens is 3. The molecule has 0 radical (unpaired) electrons. The second kappa shape index (κ2) is 8.25. The summed E-state index contributed by atoms with van der Waals surface area (Å²) in [4.78, 5) is 34.4. The topological polar surface area (TPSA) is 97.0 Å². The Morgan fingerprint density at radius 1 is 1.12 bits per heavy atom. The molecule has 7 nitrogen and oxygen atoms in total. The Hall–Kier alpha value is -3.43. The molecule has 3 aromatic rings. The number of hydrogen-bond acceptors (Lipinski definition) is 6. The van der Waals surface area contributed by atoms with Gasteiger partial charge in [-0.25, -0.2) is 14.8 Å². The van der Waals surface area contributed by atoms with E-state index in [1.807, 2.05) is 0 Å². The third kappa shape index (κ3) is 5.24. The fourth-order valence-electron chi connectivity index (χ4n) is 3.11. The van der Waals surface area contributed by atoms with Gasteiger partial charge in [-0.2, -0.15) is 13.2 Å². The van der Waals surface area contributed by atoms with Crippen LogP contribution in [-0.4, -0.2) is 26.5 Å². The van der Waals surface area contributed by atoms with Crippen molar-refractivity contribution in [1.82, 2.24) is 15.0 Å². The summed E-state index contributed by atoms with van der Waals surface area (Å²) in [5.74, 6) is -0.329. The molecule has 3 rings (SSSR count). The molecular weight excluding hydrogens is 425 g/mol. The van der Waals surface area contributed by atoms with Crippen molar-refractivity contribution in [2.75, 3.05) is 5.32 Å². The van der Waals surface area contributed by atoms with Gasteiger partial charge in [0.1, 0.15) is 11.4 Å². The average molecular weight is 448 g/mol. The predicted molar refractivity (Wildman–Crippen MR) is 114 cm³/mol. The van der Waals surface area contributed by atoms with Gasteiger partial charge in [-0.1, -0.05) is 0 Å². The zero-order chi connectivity index (χ0) is 23.8. The van der Waals surface area contributed by atoms with Crippen LogP contribution in [0.1, 0.15) is 61.2 Å². The fourth-order valence-corrected chi connectivity index (χ4v) is 3.11. The number of nitrogens with one attached hydrogen (secondary N) is 2. The van der Waals surface area contributed by atoms with Crippen LogP contribution in [0.3, 0.4) is 0 Å². The van der Waals surface area contributed by atoms with Crippen molar-refractivity contribution >= 4 is 22.7 Å². The van der Waals surface area contributed by atoms with Gasteiger partial charge in [0.15, 0.2) is 11.3 Å². The van der Waals surface area contributed by atoms with Crippen molar-refractivity contribution in [3.05, 3.63) is 63.3 Å². The smallest absolute Gasteiger partial charge is 0.433 e. The van der Waals surface area contributed by atoms with Crippen LogP contribution in [0, 0.1) is 6.92 Å². The minimum absolute atomic E-state index is 0.0347. The van der Waals surface area contributed by atoms with Crippen molar-refractivity contribution in [2.24, 2.45) is 0 Å². The number of aromatic amines is 1. The molecule has 0 bridgehead atoms. The molecule has 2 N–H and O–H groups in total. The lowest BCUT2D eigenvalue weighted by atomic mass is 10.0. The van der Waals surface area contributed by atoms with E-state index in [9.17, 15) is 22.8 Å². The number of carbonyl (C=O) groups is 1. The Balaban J connectivity index is 1.93. The quantitative estimate of drug-likeness (QED) is 0.558. The molecule has 0 amide bonds. The average Bonchev–Trinajstić information content (AvgIpc) is 2.65. The number of anilines is 1. The Morgan fingerprint density at radius 2 is 1.75 bits per heavy atom. The number of fused-ring (bicyclic) bond motifs is 1. The minimum atomic E-state index is -4.74. The Bertz CT molecular complexity index is 1210. The third-order valence-corrected chi connectivity index (χ3v) is 4.48. The maximum Gasteiger partial charge on any atom is 0.433 e. The summed E-state index contributed by atoms with van der Waals surface area (Å²) in [6, 6.07) is 6.47. The monoisotopic (exact) mass is 448 g/mol. The molecule has 170 valence electrons. The van der Waals surface area contributed by atoms with Crippen molar-refractivity contribution < 1.29 is 22.7 Å². The molecule has 32 heavy (non-hydrogen) atoms. The normalized spacial score (nSPS) is 13.1. The molecule has 0 fully saturated rings. The molecule has 0 spiro atoms. The van der Waals surface area contributed by atoms with Gasteiger partial charge in [0.25, 0.3) is 5.56 Å². The van der Waals surface area contributed by atoms with Crippen molar-refractivity contribution in [3.63, 3.8) is 0 Å². The molecule has 0 aliphatic rings. The number of carbonyl (C=O) groups excluding carboxylic acids is 1. The highest BCUT2D eigenvalue weighted by molar-refractivity contribution is 5.90. The molecule has 0 aliphatic carbocycles. The number of rotatable bonds is 4. The third-order valence-electron chi connectivity index (χ3n) is 4.48. The number of nitrogens with zero attached hydrogens (tertiary/aromatic N) is 2. The number of H-pyrrole nitrogens is 1. The molecule has 1 atom stereocenters. The van der Waals surface area contributed by atoms with Crippen molar-refractivity contribution in [2.45, 2.75) is 52.4 Å². The fraction of sp³-hybridized carbons (Fsp3) is 0.364. The summed E-state index contributed by atoms with van der Waals surface area (Å²) in [7, 11) is 0. The number of esters is 1. The van der Waals surface area contributed by atoms with E-state index in [-0.39, 0.29) is 22.4 Å². The molecule has 1 unspecified atom stereocenters. The first-order valence-corrected chi connectivity index (χ1v) is 9.83. The highest BCUT2D eigenvalue weighted by Gasteiger charge is 2.37. The van der Waals surface area contributed by atoms with Crippen LogP contribution in [0.25, 0.3) is 11.0 Å². The van der Waals surface area contributed by atoms with Crippen LogP contribution < -0.4 is 10.9 Å². The van der Waals surface area contributed by atoms with Crippen LogP contribution >= 0.6 is 0 Å². The molecule has 2 aromatic heterocycles. The summed E-state index contributed by atoms with van der Waals surface area (Å²) < 4.78 is 46.4. The number of pyridine rings is 1. The van der Waals surface area contributed by atoms with Gasteiger partial charge in [-0.05, 0) is 65.0 Å². The van der Waals surface area contributed by atoms with Crippen LogP contribution in [0.5, 0.6) is 0 Å². The number of alkyl halides is 3. The molecule has 10 heteroatoms. The maximum atomic E-state index is 13.7. The molecular formula is C22H23F3N4O3. The van der Waals surface area contributed by atoms with Crippen molar-refractivity contribution in [3.8, 4) is 0 Å². The minimum Gasteiger partial charge on any atom is -0.456 e. The van der Waals surface area contributed by atoms with E-state index < -0.39 is 35.0 Å². The first-order chi connectivity index (χ1) is 14.7. The standard InChI is InChI=1S/C22H23F3N4O3/c1-11(26-14-8-6-13(7-9-14)20(31)32-21(3,4)5)15-10-16-18(27-12(2)28-19(16)30)29-17(15)22(23,24)25/h6-11,26H,1-5H3,(H,27,28,29,30). The summed E-state index contributed by atoms with van der Waals surface area (Å²) in [6.45, 7) is 8.24. The van der Waals surface area contributed by atoms with Crippen LogP contribution in [-0.2, 0) is 10.9 Å². The van der Waals surface area contributed by atoms with E-state index >= 15 is 0 Å². The number of benzene rings is 1. The molecule has 2 heterocycles. The predicted octanol–water partition coefficient (Wildman–Crippen LogP) is 4.77. The lowest BCUT2D eigenvalue weighted by Crippen LogP contribution is -2.23.